The standard InChI is InChI=1S/C20H38O/c1-2-3-4-9-17-21-20-16-10-13-18-11-5-7-14-19(20)15-8-6-12-18/h18-20H,2-17H2,1H3. The van der Waals surface area contributed by atoms with Crippen molar-refractivity contribution in [2.45, 2.75) is 109 Å². The Kier molecular flexibility index (Phi) is 8.78. The van der Waals surface area contributed by atoms with Crippen molar-refractivity contribution in [2.24, 2.45) is 11.8 Å². The quantitative estimate of drug-likeness (QED) is 0.508. The van der Waals surface area contributed by atoms with Crippen LogP contribution in [0.2, 0.25) is 0 Å². The monoisotopic (exact) mass is 294 g/mol. The van der Waals surface area contributed by atoms with E-state index in [1.807, 2.05) is 0 Å². The van der Waals surface area contributed by atoms with Gasteiger partial charge in [0.15, 0.2) is 0 Å². The first kappa shape index (κ1) is 17.3. The average molecular weight is 295 g/mol. The maximum atomic E-state index is 6.39. The van der Waals surface area contributed by atoms with Gasteiger partial charge < -0.3 is 4.74 Å². The zero-order valence-corrected chi connectivity index (χ0v) is 14.5. The highest BCUT2D eigenvalue weighted by Crippen LogP contribution is 2.33. The Morgan fingerprint density at radius 1 is 0.714 bits per heavy atom. The fourth-order valence-corrected chi connectivity index (χ4v) is 4.45. The van der Waals surface area contributed by atoms with Crippen LogP contribution in [0, 0.1) is 11.8 Å². The first-order valence-electron chi connectivity index (χ1n) is 10.0. The topological polar surface area (TPSA) is 9.23 Å². The second-order valence-corrected chi connectivity index (χ2v) is 7.60. The highest BCUT2D eigenvalue weighted by atomic mass is 16.5. The van der Waals surface area contributed by atoms with E-state index in [4.69, 9.17) is 4.74 Å². The molecule has 0 heterocycles. The molecule has 1 atom stereocenters. The number of hydrogen-bond donors (Lipinski definition) is 0. The molecule has 0 aromatic heterocycles. The van der Waals surface area contributed by atoms with E-state index in [-0.39, 0.29) is 0 Å². The first-order valence-corrected chi connectivity index (χ1v) is 10.0. The van der Waals surface area contributed by atoms with Crippen molar-refractivity contribution in [1.82, 2.24) is 0 Å². The first-order chi connectivity index (χ1) is 10.4. The van der Waals surface area contributed by atoms with Crippen LogP contribution in [0.5, 0.6) is 0 Å². The molecule has 2 bridgehead atoms. The molecule has 3 aliphatic rings. The highest BCUT2D eigenvalue weighted by molar-refractivity contribution is 4.76. The lowest BCUT2D eigenvalue weighted by Crippen LogP contribution is -2.27. The maximum Gasteiger partial charge on any atom is 0.0603 e. The van der Waals surface area contributed by atoms with Crippen molar-refractivity contribution >= 4 is 0 Å². The molecule has 21 heavy (non-hydrogen) atoms. The normalized spacial score (nSPS) is 31.6. The third kappa shape index (κ3) is 6.72. The van der Waals surface area contributed by atoms with Gasteiger partial charge in [0.1, 0.15) is 0 Å². The molecule has 0 aromatic carbocycles. The van der Waals surface area contributed by atoms with Gasteiger partial charge in [0.05, 0.1) is 6.10 Å². The summed E-state index contributed by atoms with van der Waals surface area (Å²) in [5.41, 5.74) is 0. The Morgan fingerprint density at radius 2 is 1.38 bits per heavy atom. The summed E-state index contributed by atoms with van der Waals surface area (Å²) in [4.78, 5) is 0. The zero-order valence-electron chi connectivity index (χ0n) is 14.5. The van der Waals surface area contributed by atoms with E-state index < -0.39 is 0 Å². The Bertz CT molecular complexity index is 238. The van der Waals surface area contributed by atoms with Crippen LogP contribution in [-0.4, -0.2) is 12.7 Å². The molecular formula is C20H38O. The van der Waals surface area contributed by atoms with E-state index in [2.05, 4.69) is 6.92 Å². The fraction of sp³-hybridized carbons (Fsp3) is 1.00. The SMILES string of the molecule is CCCCCCOC1CCCC2CCCCC1CCCC2. The van der Waals surface area contributed by atoms with Gasteiger partial charge in [0, 0.05) is 6.61 Å². The van der Waals surface area contributed by atoms with Crippen molar-refractivity contribution in [3.63, 3.8) is 0 Å². The molecule has 124 valence electrons. The summed E-state index contributed by atoms with van der Waals surface area (Å²) in [7, 11) is 0. The Morgan fingerprint density at radius 3 is 2.10 bits per heavy atom. The minimum atomic E-state index is 0.587. The third-order valence-electron chi connectivity index (χ3n) is 5.83. The summed E-state index contributed by atoms with van der Waals surface area (Å²) in [6, 6.07) is 0. The van der Waals surface area contributed by atoms with Gasteiger partial charge in [0.25, 0.3) is 0 Å². The number of rotatable bonds is 6. The molecule has 1 unspecified atom stereocenters. The Labute approximate surface area is 133 Å². The smallest absolute Gasteiger partial charge is 0.0603 e. The van der Waals surface area contributed by atoms with Gasteiger partial charge in [-0.25, -0.2) is 0 Å². The molecular weight excluding hydrogens is 256 g/mol. The van der Waals surface area contributed by atoms with Crippen LogP contribution < -0.4 is 0 Å². The van der Waals surface area contributed by atoms with Gasteiger partial charge in [-0.1, -0.05) is 77.6 Å². The molecule has 0 N–H and O–H groups in total. The minimum Gasteiger partial charge on any atom is -0.378 e. The number of unbranched alkanes of at least 4 members (excludes halogenated alkanes) is 3. The van der Waals surface area contributed by atoms with E-state index in [1.165, 1.54) is 96.3 Å². The van der Waals surface area contributed by atoms with Crippen molar-refractivity contribution in [2.75, 3.05) is 6.61 Å². The molecule has 0 spiro atoms. The summed E-state index contributed by atoms with van der Waals surface area (Å²) in [6.45, 7) is 3.30. The Hall–Kier alpha value is -0.0400. The molecule has 0 aromatic rings. The molecule has 1 heteroatoms. The third-order valence-corrected chi connectivity index (χ3v) is 5.83. The molecule has 1 nitrogen and oxygen atoms in total. The van der Waals surface area contributed by atoms with Crippen LogP contribution >= 0.6 is 0 Å². The zero-order chi connectivity index (χ0) is 14.8. The van der Waals surface area contributed by atoms with Crippen molar-refractivity contribution in [1.29, 1.82) is 0 Å². The van der Waals surface area contributed by atoms with Crippen molar-refractivity contribution in [3.05, 3.63) is 0 Å². The largest absolute Gasteiger partial charge is 0.378 e. The summed E-state index contributed by atoms with van der Waals surface area (Å²) < 4.78 is 6.39. The molecule has 0 radical (unpaired) electrons. The fourth-order valence-electron chi connectivity index (χ4n) is 4.45. The van der Waals surface area contributed by atoms with Crippen LogP contribution in [0.3, 0.4) is 0 Å². The molecule has 3 aliphatic carbocycles. The highest BCUT2D eigenvalue weighted by Gasteiger charge is 2.25. The van der Waals surface area contributed by atoms with Crippen LogP contribution in [0.25, 0.3) is 0 Å². The summed E-state index contributed by atoms with van der Waals surface area (Å²) in [6.07, 6.45) is 21.9. The van der Waals surface area contributed by atoms with Gasteiger partial charge in [-0.05, 0) is 37.5 Å². The van der Waals surface area contributed by atoms with Crippen molar-refractivity contribution < 1.29 is 4.74 Å². The number of fused-ring (bicyclic) bond motifs is 9. The Balaban J connectivity index is 1.82. The van der Waals surface area contributed by atoms with Gasteiger partial charge in [-0.2, -0.15) is 0 Å². The summed E-state index contributed by atoms with van der Waals surface area (Å²) in [5, 5.41) is 0. The lowest BCUT2D eigenvalue weighted by molar-refractivity contribution is -0.00722. The van der Waals surface area contributed by atoms with Crippen LogP contribution in [0.1, 0.15) is 103 Å². The molecule has 3 saturated carbocycles. The van der Waals surface area contributed by atoms with Gasteiger partial charge in [0.2, 0.25) is 0 Å². The maximum absolute atomic E-state index is 6.39. The van der Waals surface area contributed by atoms with Gasteiger partial charge in [-0.15, -0.1) is 0 Å². The number of hydrogen-bond acceptors (Lipinski definition) is 1. The second kappa shape index (κ2) is 10.6. The van der Waals surface area contributed by atoms with E-state index in [0.29, 0.717) is 6.10 Å². The number of ether oxygens (including phenoxy) is 1. The molecule has 0 aliphatic heterocycles. The van der Waals surface area contributed by atoms with Crippen LogP contribution in [0.15, 0.2) is 0 Å². The summed E-state index contributed by atoms with van der Waals surface area (Å²) >= 11 is 0. The van der Waals surface area contributed by atoms with Crippen LogP contribution in [0.4, 0.5) is 0 Å². The van der Waals surface area contributed by atoms with E-state index in [0.717, 1.165) is 18.4 Å². The van der Waals surface area contributed by atoms with Gasteiger partial charge in [-0.3, -0.25) is 0 Å². The lowest BCUT2D eigenvalue weighted by atomic mass is 9.80. The minimum absolute atomic E-state index is 0.587. The predicted octanol–water partition coefficient (Wildman–Crippen LogP) is 6.50. The van der Waals surface area contributed by atoms with E-state index >= 15 is 0 Å². The predicted molar refractivity (Wildman–Crippen MR) is 91.6 cm³/mol. The molecule has 3 fully saturated rings. The lowest BCUT2D eigenvalue weighted by Gasteiger charge is -2.31. The van der Waals surface area contributed by atoms with Gasteiger partial charge >= 0.3 is 0 Å². The summed E-state index contributed by atoms with van der Waals surface area (Å²) in [5.74, 6) is 1.90. The second-order valence-electron chi connectivity index (χ2n) is 7.60. The van der Waals surface area contributed by atoms with E-state index in [1.54, 1.807) is 0 Å². The van der Waals surface area contributed by atoms with Crippen molar-refractivity contribution in [3.8, 4) is 0 Å². The molecule has 0 saturated heterocycles. The molecule has 3 rings (SSSR count). The average Bonchev–Trinajstić information content (AvgIpc) is 2.52. The molecule has 0 amide bonds. The van der Waals surface area contributed by atoms with Crippen LogP contribution in [-0.2, 0) is 4.74 Å². The van der Waals surface area contributed by atoms with E-state index in [9.17, 15) is 0 Å².